The molecule has 0 aromatic heterocycles. The van der Waals surface area contributed by atoms with Gasteiger partial charge in [-0.25, -0.2) is 0 Å². The summed E-state index contributed by atoms with van der Waals surface area (Å²) >= 11 is 0. The molecule has 1 fully saturated rings. The normalized spacial score (nSPS) is 17.9. The molecule has 1 heterocycles. The third-order valence-electron chi connectivity index (χ3n) is 5.14. The van der Waals surface area contributed by atoms with Gasteiger partial charge in [0, 0.05) is 13.1 Å². The lowest BCUT2D eigenvalue weighted by molar-refractivity contribution is -0.135. The van der Waals surface area contributed by atoms with Crippen LogP contribution in [0.2, 0.25) is 0 Å². The summed E-state index contributed by atoms with van der Waals surface area (Å²) in [4.78, 5) is 16.7. The van der Waals surface area contributed by atoms with Crippen LogP contribution in [0.1, 0.15) is 30.1 Å². The van der Waals surface area contributed by atoms with Gasteiger partial charge < -0.3 is 14.7 Å². The van der Waals surface area contributed by atoms with Gasteiger partial charge in [0.05, 0.1) is 25.8 Å². The SMILES string of the molecule is COc1ccc(C(O)C2CCCN2C(=O)CN(C)Cc2ccccc2)cc1. The van der Waals surface area contributed by atoms with Crippen LogP contribution in [0.5, 0.6) is 5.75 Å². The van der Waals surface area contributed by atoms with Crippen LogP contribution >= 0.6 is 0 Å². The van der Waals surface area contributed by atoms with Crippen LogP contribution < -0.4 is 4.74 Å². The first kappa shape index (κ1) is 19.4. The third-order valence-corrected chi connectivity index (χ3v) is 5.14. The zero-order valence-electron chi connectivity index (χ0n) is 16.0. The molecule has 1 amide bonds. The van der Waals surface area contributed by atoms with Crippen molar-refractivity contribution in [2.24, 2.45) is 0 Å². The molecule has 0 bridgehead atoms. The summed E-state index contributed by atoms with van der Waals surface area (Å²) in [7, 11) is 3.57. The van der Waals surface area contributed by atoms with Crippen molar-refractivity contribution in [2.75, 3.05) is 27.2 Å². The van der Waals surface area contributed by atoms with Gasteiger partial charge in [-0.3, -0.25) is 9.69 Å². The Balaban J connectivity index is 1.61. The lowest BCUT2D eigenvalue weighted by atomic mass is 10.00. The van der Waals surface area contributed by atoms with Crippen molar-refractivity contribution in [3.63, 3.8) is 0 Å². The van der Waals surface area contributed by atoms with Crippen molar-refractivity contribution in [3.8, 4) is 5.75 Å². The van der Waals surface area contributed by atoms with Crippen molar-refractivity contribution in [3.05, 3.63) is 65.7 Å². The quantitative estimate of drug-likeness (QED) is 0.817. The highest BCUT2D eigenvalue weighted by atomic mass is 16.5. The zero-order valence-corrected chi connectivity index (χ0v) is 16.0. The summed E-state index contributed by atoms with van der Waals surface area (Å²) in [6.07, 6.45) is 1.06. The number of rotatable bonds is 7. The second-order valence-corrected chi connectivity index (χ2v) is 7.17. The molecular weight excluding hydrogens is 340 g/mol. The molecule has 0 spiro atoms. The Labute approximate surface area is 161 Å². The molecule has 5 heteroatoms. The first-order valence-electron chi connectivity index (χ1n) is 9.42. The number of likely N-dealkylation sites (tertiary alicyclic amines) is 1. The van der Waals surface area contributed by atoms with E-state index in [0.717, 1.165) is 30.7 Å². The molecule has 2 atom stereocenters. The standard InChI is InChI=1S/C22H28N2O3/c1-23(15-17-7-4-3-5-8-17)16-21(25)24-14-6-9-20(24)22(26)18-10-12-19(27-2)13-11-18/h3-5,7-8,10-13,20,22,26H,6,9,14-16H2,1-2H3. The number of methoxy groups -OCH3 is 1. The van der Waals surface area contributed by atoms with E-state index < -0.39 is 6.10 Å². The van der Waals surface area contributed by atoms with Crippen LogP contribution in [-0.4, -0.2) is 54.1 Å². The van der Waals surface area contributed by atoms with Gasteiger partial charge in [-0.05, 0) is 43.1 Å². The van der Waals surface area contributed by atoms with E-state index in [9.17, 15) is 9.90 Å². The van der Waals surface area contributed by atoms with Crippen LogP contribution in [0.3, 0.4) is 0 Å². The van der Waals surface area contributed by atoms with E-state index in [4.69, 9.17) is 4.74 Å². The molecule has 0 aliphatic carbocycles. The number of carbonyl (C=O) groups is 1. The molecule has 1 N–H and O–H groups in total. The third kappa shape index (κ3) is 4.87. The molecule has 0 saturated carbocycles. The smallest absolute Gasteiger partial charge is 0.237 e. The first-order valence-corrected chi connectivity index (χ1v) is 9.42. The molecular formula is C22H28N2O3. The number of carbonyl (C=O) groups excluding carboxylic acids is 1. The molecule has 1 saturated heterocycles. The Bertz CT molecular complexity index is 733. The largest absolute Gasteiger partial charge is 0.497 e. The predicted octanol–water partition coefficient (Wildman–Crippen LogP) is 2.85. The minimum Gasteiger partial charge on any atom is -0.497 e. The minimum atomic E-state index is -0.679. The fraction of sp³-hybridized carbons (Fsp3) is 0.409. The Kier molecular flexibility index (Phi) is 6.48. The van der Waals surface area contributed by atoms with Crippen LogP contribution in [-0.2, 0) is 11.3 Å². The van der Waals surface area contributed by atoms with Crippen molar-refractivity contribution >= 4 is 5.91 Å². The van der Waals surface area contributed by atoms with Gasteiger partial charge in [-0.1, -0.05) is 42.5 Å². The maximum atomic E-state index is 12.8. The number of amides is 1. The zero-order chi connectivity index (χ0) is 19.2. The highest BCUT2D eigenvalue weighted by Crippen LogP contribution is 2.30. The average Bonchev–Trinajstić information content (AvgIpc) is 3.18. The van der Waals surface area contributed by atoms with Gasteiger partial charge in [-0.2, -0.15) is 0 Å². The maximum absolute atomic E-state index is 12.8. The van der Waals surface area contributed by atoms with E-state index >= 15 is 0 Å². The molecule has 27 heavy (non-hydrogen) atoms. The second-order valence-electron chi connectivity index (χ2n) is 7.17. The molecule has 1 aliphatic heterocycles. The fourth-order valence-electron chi connectivity index (χ4n) is 3.73. The first-order chi connectivity index (χ1) is 13.1. The van der Waals surface area contributed by atoms with Crippen LogP contribution in [0, 0.1) is 0 Å². The van der Waals surface area contributed by atoms with Gasteiger partial charge in [0.15, 0.2) is 0 Å². The summed E-state index contributed by atoms with van der Waals surface area (Å²) in [5, 5.41) is 10.8. The lowest BCUT2D eigenvalue weighted by Gasteiger charge is -2.30. The van der Waals surface area contributed by atoms with E-state index in [0.29, 0.717) is 13.1 Å². The summed E-state index contributed by atoms with van der Waals surface area (Å²) in [6, 6.07) is 17.4. The second kappa shape index (κ2) is 9.02. The van der Waals surface area contributed by atoms with Crippen molar-refractivity contribution in [2.45, 2.75) is 31.5 Å². The molecule has 2 aromatic rings. The Morgan fingerprint density at radius 3 is 2.59 bits per heavy atom. The average molecular weight is 368 g/mol. The molecule has 144 valence electrons. The maximum Gasteiger partial charge on any atom is 0.237 e. The molecule has 2 unspecified atom stereocenters. The van der Waals surface area contributed by atoms with Crippen molar-refractivity contribution in [1.82, 2.24) is 9.80 Å². The van der Waals surface area contributed by atoms with Gasteiger partial charge >= 0.3 is 0 Å². The summed E-state index contributed by atoms with van der Waals surface area (Å²) < 4.78 is 5.17. The van der Waals surface area contributed by atoms with E-state index in [-0.39, 0.29) is 11.9 Å². The van der Waals surface area contributed by atoms with E-state index in [1.807, 2.05) is 59.3 Å². The van der Waals surface area contributed by atoms with Gasteiger partial charge in [0.1, 0.15) is 5.75 Å². The summed E-state index contributed by atoms with van der Waals surface area (Å²) in [6.45, 7) is 1.78. The number of benzene rings is 2. The van der Waals surface area contributed by atoms with Crippen LogP contribution in [0.15, 0.2) is 54.6 Å². The number of hydrogen-bond donors (Lipinski definition) is 1. The number of aliphatic hydroxyl groups is 1. The van der Waals surface area contributed by atoms with Crippen molar-refractivity contribution < 1.29 is 14.6 Å². The highest BCUT2D eigenvalue weighted by Gasteiger charge is 2.34. The van der Waals surface area contributed by atoms with Crippen LogP contribution in [0.4, 0.5) is 0 Å². The number of hydrogen-bond acceptors (Lipinski definition) is 4. The molecule has 3 rings (SSSR count). The molecule has 0 radical (unpaired) electrons. The van der Waals surface area contributed by atoms with E-state index in [1.165, 1.54) is 5.56 Å². The monoisotopic (exact) mass is 368 g/mol. The van der Waals surface area contributed by atoms with E-state index in [1.54, 1.807) is 7.11 Å². The van der Waals surface area contributed by atoms with E-state index in [2.05, 4.69) is 12.1 Å². The number of nitrogens with zero attached hydrogens (tertiary/aromatic N) is 2. The predicted molar refractivity (Wildman–Crippen MR) is 105 cm³/mol. The highest BCUT2D eigenvalue weighted by molar-refractivity contribution is 5.79. The van der Waals surface area contributed by atoms with Crippen LogP contribution in [0.25, 0.3) is 0 Å². The Hall–Kier alpha value is -2.37. The van der Waals surface area contributed by atoms with Gasteiger partial charge in [-0.15, -0.1) is 0 Å². The van der Waals surface area contributed by atoms with Gasteiger partial charge in [0.2, 0.25) is 5.91 Å². The Morgan fingerprint density at radius 1 is 1.22 bits per heavy atom. The van der Waals surface area contributed by atoms with Crippen molar-refractivity contribution in [1.29, 1.82) is 0 Å². The molecule has 5 nitrogen and oxygen atoms in total. The molecule has 1 aliphatic rings. The summed E-state index contributed by atoms with van der Waals surface area (Å²) in [5.41, 5.74) is 2.00. The Morgan fingerprint density at radius 2 is 1.93 bits per heavy atom. The van der Waals surface area contributed by atoms with Gasteiger partial charge in [0.25, 0.3) is 0 Å². The fourth-order valence-corrected chi connectivity index (χ4v) is 3.73. The minimum absolute atomic E-state index is 0.0727. The molecule has 2 aromatic carbocycles. The number of aliphatic hydroxyl groups excluding tert-OH is 1. The lowest BCUT2D eigenvalue weighted by Crippen LogP contribution is -2.43. The summed E-state index contributed by atoms with van der Waals surface area (Å²) in [5.74, 6) is 0.830. The number of ether oxygens (including phenoxy) is 1. The number of likely N-dealkylation sites (N-methyl/N-ethyl adjacent to an activating group) is 1. The topological polar surface area (TPSA) is 53.0 Å².